The molecule has 1 N–H and O–H groups in total. The van der Waals surface area contributed by atoms with Gasteiger partial charge in [0, 0.05) is 19.6 Å². The summed E-state index contributed by atoms with van der Waals surface area (Å²) < 4.78 is 10.8. The average molecular weight is 371 g/mol. The predicted molar refractivity (Wildman–Crippen MR) is 103 cm³/mol. The second-order valence-electron chi connectivity index (χ2n) is 5.99. The highest BCUT2D eigenvalue weighted by atomic mass is 35.5. The Labute approximate surface area is 155 Å². The van der Waals surface area contributed by atoms with Gasteiger partial charge in [-0.3, -0.25) is 0 Å². The normalized spacial score (nSPS) is 14.9. The third kappa shape index (κ3) is 3.81. The number of nitrogens with one attached hydrogen (secondary N) is 1. The zero-order chi connectivity index (χ0) is 17.8. The van der Waals surface area contributed by atoms with Crippen LogP contribution < -0.4 is 10.2 Å². The summed E-state index contributed by atoms with van der Waals surface area (Å²) in [5.74, 6) is 0. The fourth-order valence-electron chi connectivity index (χ4n) is 2.88. The molecule has 1 saturated heterocycles. The lowest BCUT2D eigenvalue weighted by molar-refractivity contribution is 0.571. The molecule has 134 valence electrons. The van der Waals surface area contributed by atoms with Gasteiger partial charge in [-0.15, -0.1) is 0 Å². The molecule has 1 aliphatic heterocycles. The van der Waals surface area contributed by atoms with E-state index in [0.717, 1.165) is 60.8 Å². The number of benzene rings is 2. The minimum atomic E-state index is 0.196. The number of nitrogens with zero attached hydrogens (tertiary/aromatic N) is 3. The third-order valence-corrected chi connectivity index (χ3v) is 4.32. The summed E-state index contributed by atoms with van der Waals surface area (Å²) in [5.41, 5.74) is 3.34. The van der Waals surface area contributed by atoms with Crippen molar-refractivity contribution in [3.8, 4) is 0 Å². The standard InChI is InChI=1S/C12H15N3O.C7H4ClNO/c1-2-5-11-10(4-1)14-12(16-11)15-8-3-6-13-7-9-15;8-7-9-5-3-1-2-4-6(5)10-7/h1-2,4-5,13H,3,6-9H2;1-4H. The van der Waals surface area contributed by atoms with Crippen molar-refractivity contribution in [2.45, 2.75) is 6.42 Å². The lowest BCUT2D eigenvalue weighted by Gasteiger charge is -2.16. The molecule has 5 rings (SSSR count). The molecule has 26 heavy (non-hydrogen) atoms. The van der Waals surface area contributed by atoms with Gasteiger partial charge < -0.3 is 19.1 Å². The van der Waals surface area contributed by atoms with E-state index in [1.54, 1.807) is 0 Å². The van der Waals surface area contributed by atoms with Crippen molar-refractivity contribution in [3.63, 3.8) is 0 Å². The number of fused-ring (bicyclic) bond motifs is 2. The maximum absolute atomic E-state index is 5.75. The largest absolute Gasteiger partial charge is 0.428 e. The maximum Gasteiger partial charge on any atom is 0.298 e. The molecule has 7 heteroatoms. The Balaban J connectivity index is 0.000000144. The molecule has 3 heterocycles. The Kier molecular flexibility index (Phi) is 5.04. The maximum atomic E-state index is 5.75. The van der Waals surface area contributed by atoms with Crippen molar-refractivity contribution in [2.24, 2.45) is 0 Å². The second-order valence-corrected chi connectivity index (χ2v) is 6.31. The number of halogens is 1. The molecule has 0 amide bonds. The van der Waals surface area contributed by atoms with Crippen LogP contribution in [0.25, 0.3) is 22.2 Å². The summed E-state index contributed by atoms with van der Waals surface area (Å²) >= 11 is 5.51. The van der Waals surface area contributed by atoms with E-state index in [1.807, 2.05) is 48.5 Å². The van der Waals surface area contributed by atoms with Gasteiger partial charge in [0.15, 0.2) is 11.2 Å². The lowest BCUT2D eigenvalue weighted by atomic mass is 10.3. The Morgan fingerprint density at radius 2 is 1.54 bits per heavy atom. The first-order chi connectivity index (χ1) is 12.8. The molecule has 2 aromatic heterocycles. The summed E-state index contributed by atoms with van der Waals surface area (Å²) in [5, 5.41) is 3.57. The number of aromatic nitrogens is 2. The summed E-state index contributed by atoms with van der Waals surface area (Å²) in [6.45, 7) is 4.06. The van der Waals surface area contributed by atoms with E-state index in [9.17, 15) is 0 Å². The Morgan fingerprint density at radius 3 is 2.27 bits per heavy atom. The van der Waals surface area contributed by atoms with E-state index in [-0.39, 0.29) is 5.35 Å². The highest BCUT2D eigenvalue weighted by Crippen LogP contribution is 2.21. The molecule has 0 radical (unpaired) electrons. The fraction of sp³-hybridized carbons (Fsp3) is 0.263. The first-order valence-corrected chi connectivity index (χ1v) is 9.00. The van der Waals surface area contributed by atoms with Crippen molar-refractivity contribution < 1.29 is 8.83 Å². The van der Waals surface area contributed by atoms with Crippen molar-refractivity contribution in [1.82, 2.24) is 15.3 Å². The van der Waals surface area contributed by atoms with E-state index in [0.29, 0.717) is 0 Å². The van der Waals surface area contributed by atoms with Crippen LogP contribution in [0.1, 0.15) is 6.42 Å². The van der Waals surface area contributed by atoms with E-state index in [4.69, 9.17) is 20.4 Å². The topological polar surface area (TPSA) is 67.3 Å². The SMILES string of the molecule is Clc1nc2ccccc2o1.c1ccc2oc(N3CCCNCC3)nc2c1. The quantitative estimate of drug-likeness (QED) is 0.544. The van der Waals surface area contributed by atoms with Crippen molar-refractivity contribution >= 4 is 39.8 Å². The fourth-order valence-corrected chi connectivity index (χ4v) is 3.05. The summed E-state index contributed by atoms with van der Waals surface area (Å²) in [6.07, 6.45) is 1.14. The number of anilines is 1. The molecule has 0 aliphatic carbocycles. The van der Waals surface area contributed by atoms with Crippen LogP contribution in [0.5, 0.6) is 0 Å². The van der Waals surface area contributed by atoms with Crippen LogP contribution >= 0.6 is 11.6 Å². The Bertz CT molecular complexity index is 923. The zero-order valence-corrected chi connectivity index (χ0v) is 14.9. The molecule has 0 atom stereocenters. The second kappa shape index (κ2) is 7.76. The van der Waals surface area contributed by atoms with E-state index >= 15 is 0 Å². The van der Waals surface area contributed by atoms with Gasteiger partial charge >= 0.3 is 0 Å². The van der Waals surface area contributed by atoms with Crippen LogP contribution in [0.4, 0.5) is 6.01 Å². The molecule has 0 spiro atoms. The van der Waals surface area contributed by atoms with Crippen molar-refractivity contribution in [2.75, 3.05) is 31.1 Å². The molecule has 6 nitrogen and oxygen atoms in total. The molecule has 1 fully saturated rings. The Hall–Kier alpha value is -2.57. The van der Waals surface area contributed by atoms with Crippen molar-refractivity contribution in [3.05, 3.63) is 53.9 Å². The number of oxazole rings is 2. The van der Waals surface area contributed by atoms with Crippen LogP contribution in [0.2, 0.25) is 5.35 Å². The minimum absolute atomic E-state index is 0.196. The van der Waals surface area contributed by atoms with E-state index < -0.39 is 0 Å². The third-order valence-electron chi connectivity index (χ3n) is 4.16. The van der Waals surface area contributed by atoms with Crippen LogP contribution in [-0.4, -0.2) is 36.1 Å². The van der Waals surface area contributed by atoms with Gasteiger partial charge in [0.25, 0.3) is 11.4 Å². The highest BCUT2D eigenvalue weighted by Gasteiger charge is 2.15. The molecule has 4 aromatic rings. The lowest BCUT2D eigenvalue weighted by Crippen LogP contribution is -2.27. The van der Waals surface area contributed by atoms with Crippen LogP contribution in [-0.2, 0) is 0 Å². The van der Waals surface area contributed by atoms with Crippen LogP contribution in [0.15, 0.2) is 57.4 Å². The molecule has 1 aliphatic rings. The van der Waals surface area contributed by atoms with Gasteiger partial charge in [-0.25, -0.2) is 0 Å². The Morgan fingerprint density at radius 1 is 0.846 bits per heavy atom. The molecule has 0 unspecified atom stereocenters. The monoisotopic (exact) mass is 370 g/mol. The van der Waals surface area contributed by atoms with Gasteiger partial charge in [-0.05, 0) is 48.8 Å². The first kappa shape index (κ1) is 16.9. The van der Waals surface area contributed by atoms with Crippen LogP contribution in [0.3, 0.4) is 0 Å². The van der Waals surface area contributed by atoms with Gasteiger partial charge in [0.1, 0.15) is 11.0 Å². The molecule has 2 aromatic carbocycles. The van der Waals surface area contributed by atoms with E-state index in [2.05, 4.69) is 20.2 Å². The minimum Gasteiger partial charge on any atom is -0.428 e. The molecular formula is C19H19ClN4O2. The first-order valence-electron chi connectivity index (χ1n) is 8.62. The summed E-state index contributed by atoms with van der Waals surface area (Å²) in [7, 11) is 0. The van der Waals surface area contributed by atoms with Gasteiger partial charge in [0.2, 0.25) is 0 Å². The summed E-state index contributed by atoms with van der Waals surface area (Å²) in [6, 6.07) is 16.1. The molecule has 0 bridgehead atoms. The number of hydrogen-bond donors (Lipinski definition) is 1. The smallest absolute Gasteiger partial charge is 0.298 e. The molecule has 0 saturated carbocycles. The predicted octanol–water partition coefficient (Wildman–Crippen LogP) is 4.11. The summed E-state index contributed by atoms with van der Waals surface area (Å²) in [4.78, 5) is 10.6. The molecular weight excluding hydrogens is 352 g/mol. The average Bonchev–Trinajstić information content (AvgIpc) is 3.15. The number of hydrogen-bond acceptors (Lipinski definition) is 6. The van der Waals surface area contributed by atoms with Gasteiger partial charge in [-0.1, -0.05) is 24.3 Å². The zero-order valence-electron chi connectivity index (χ0n) is 14.2. The number of para-hydroxylation sites is 4. The van der Waals surface area contributed by atoms with E-state index in [1.165, 1.54) is 0 Å². The number of rotatable bonds is 1. The highest BCUT2D eigenvalue weighted by molar-refractivity contribution is 6.28. The van der Waals surface area contributed by atoms with Crippen molar-refractivity contribution in [1.29, 1.82) is 0 Å². The van der Waals surface area contributed by atoms with Crippen LogP contribution in [0, 0.1) is 0 Å². The van der Waals surface area contributed by atoms with Gasteiger partial charge in [0.05, 0.1) is 0 Å². The van der Waals surface area contributed by atoms with Gasteiger partial charge in [-0.2, -0.15) is 9.97 Å².